The van der Waals surface area contributed by atoms with Crippen LogP contribution in [0.25, 0.3) is 0 Å². The maximum Gasteiger partial charge on any atom is 0.311 e. The first-order valence-corrected chi connectivity index (χ1v) is 5.49. The molecule has 0 bridgehead atoms. The monoisotopic (exact) mass is 276 g/mol. The molecule has 0 saturated heterocycles. The van der Waals surface area contributed by atoms with Crippen molar-refractivity contribution < 1.29 is 14.1 Å². The highest BCUT2D eigenvalue weighted by Crippen LogP contribution is 2.33. The summed E-state index contributed by atoms with van der Waals surface area (Å²) >= 11 is 0. The van der Waals surface area contributed by atoms with E-state index in [1.165, 1.54) is 11.7 Å². The van der Waals surface area contributed by atoms with E-state index >= 15 is 0 Å². The van der Waals surface area contributed by atoms with Gasteiger partial charge in [-0.05, 0) is 13.0 Å². The molecule has 102 valence electrons. The summed E-state index contributed by atoms with van der Waals surface area (Å²) in [5.74, 6) is -0.934. The first-order valence-electron chi connectivity index (χ1n) is 5.49. The second-order valence-electron chi connectivity index (χ2n) is 3.97. The fourth-order valence-corrected chi connectivity index (χ4v) is 1.71. The molecule has 0 radical (unpaired) electrons. The summed E-state index contributed by atoms with van der Waals surface area (Å²) in [7, 11) is 1.52. The zero-order valence-corrected chi connectivity index (χ0v) is 10.6. The average molecular weight is 276 g/mol. The Kier molecular flexibility index (Phi) is 3.35. The fraction of sp³-hybridized carbons (Fsp3) is 0.167. The first kappa shape index (κ1) is 13.5. The van der Waals surface area contributed by atoms with E-state index in [2.05, 4.69) is 5.10 Å². The minimum absolute atomic E-state index is 0.0266. The maximum atomic E-state index is 13.2. The molecular weight excluding hydrogens is 267 g/mol. The Hall–Kier alpha value is -2.95. The molecule has 0 fully saturated rings. The number of hydrogen-bond acceptors (Lipinski definition) is 5. The third kappa shape index (κ3) is 2.29. The van der Waals surface area contributed by atoms with Crippen LogP contribution in [0.3, 0.4) is 0 Å². The number of nitro benzene ring substituents is 1. The Morgan fingerprint density at radius 3 is 2.85 bits per heavy atom. The van der Waals surface area contributed by atoms with Crippen LogP contribution >= 0.6 is 0 Å². The van der Waals surface area contributed by atoms with E-state index in [0.717, 1.165) is 18.2 Å². The Morgan fingerprint density at radius 2 is 2.25 bits per heavy atom. The Bertz CT molecular complexity index is 733. The van der Waals surface area contributed by atoms with Gasteiger partial charge in [0.05, 0.1) is 10.6 Å². The number of aromatic nitrogens is 2. The van der Waals surface area contributed by atoms with Crippen LogP contribution in [-0.2, 0) is 7.05 Å². The number of nitro groups is 1. The van der Waals surface area contributed by atoms with Crippen molar-refractivity contribution in [2.24, 2.45) is 7.05 Å². The smallest absolute Gasteiger partial charge is 0.311 e. The van der Waals surface area contributed by atoms with E-state index in [1.54, 1.807) is 6.92 Å². The van der Waals surface area contributed by atoms with Gasteiger partial charge in [0.15, 0.2) is 0 Å². The summed E-state index contributed by atoms with van der Waals surface area (Å²) in [4.78, 5) is 10.2. The van der Waals surface area contributed by atoms with Crippen LogP contribution in [0.4, 0.5) is 10.1 Å². The second kappa shape index (κ2) is 4.97. The van der Waals surface area contributed by atoms with Gasteiger partial charge in [0.25, 0.3) is 0 Å². The molecule has 0 aliphatic heterocycles. The molecule has 0 aliphatic carbocycles. The molecule has 0 aliphatic rings. The summed E-state index contributed by atoms with van der Waals surface area (Å²) < 4.78 is 19.8. The molecule has 0 atom stereocenters. The summed E-state index contributed by atoms with van der Waals surface area (Å²) in [5.41, 5.74) is 0.171. The lowest BCUT2D eigenvalue weighted by molar-refractivity contribution is -0.385. The van der Waals surface area contributed by atoms with Crippen molar-refractivity contribution in [2.75, 3.05) is 0 Å². The van der Waals surface area contributed by atoms with Gasteiger partial charge in [0.1, 0.15) is 17.4 Å². The highest BCUT2D eigenvalue weighted by molar-refractivity contribution is 5.51. The van der Waals surface area contributed by atoms with Crippen molar-refractivity contribution in [3.8, 4) is 17.7 Å². The normalized spacial score (nSPS) is 10.1. The highest BCUT2D eigenvalue weighted by Gasteiger charge is 2.21. The third-order valence-corrected chi connectivity index (χ3v) is 2.61. The lowest BCUT2D eigenvalue weighted by Gasteiger charge is -2.06. The van der Waals surface area contributed by atoms with Gasteiger partial charge >= 0.3 is 5.69 Å². The summed E-state index contributed by atoms with van der Waals surface area (Å²) in [6.07, 6.45) is 0. The fourth-order valence-electron chi connectivity index (χ4n) is 1.71. The van der Waals surface area contributed by atoms with Crippen molar-refractivity contribution >= 4 is 5.69 Å². The first-order chi connectivity index (χ1) is 9.43. The SMILES string of the molecule is Cc1nn(C)c(Oc2cc(F)ccc2[N+](=O)[O-])c1C#N. The van der Waals surface area contributed by atoms with Gasteiger partial charge < -0.3 is 4.74 Å². The van der Waals surface area contributed by atoms with Gasteiger partial charge in [-0.1, -0.05) is 0 Å². The predicted molar refractivity (Wildman–Crippen MR) is 65.8 cm³/mol. The van der Waals surface area contributed by atoms with Crippen LogP contribution in [-0.4, -0.2) is 14.7 Å². The predicted octanol–water partition coefficient (Wildman–Crippen LogP) is 2.44. The number of benzene rings is 1. The molecule has 8 heteroatoms. The molecule has 20 heavy (non-hydrogen) atoms. The average Bonchev–Trinajstić information content (AvgIpc) is 2.63. The number of rotatable bonds is 3. The van der Waals surface area contributed by atoms with Crippen molar-refractivity contribution in [1.29, 1.82) is 5.26 Å². The van der Waals surface area contributed by atoms with Crippen molar-refractivity contribution in [2.45, 2.75) is 6.92 Å². The highest BCUT2D eigenvalue weighted by atomic mass is 19.1. The number of nitrogens with zero attached hydrogens (tertiary/aromatic N) is 4. The molecule has 0 amide bonds. The number of ether oxygens (including phenoxy) is 1. The standard InChI is InChI=1S/C12H9FN4O3/c1-7-9(6-14)12(16(2)15-7)20-11-5-8(13)3-4-10(11)17(18)19/h3-5H,1-2H3. The summed E-state index contributed by atoms with van der Waals surface area (Å²) in [6.45, 7) is 1.60. The van der Waals surface area contributed by atoms with Gasteiger partial charge in [-0.15, -0.1) is 0 Å². The molecule has 0 saturated carbocycles. The molecule has 2 rings (SSSR count). The Labute approximate surface area is 113 Å². The van der Waals surface area contributed by atoms with Crippen LogP contribution in [0.2, 0.25) is 0 Å². The lowest BCUT2D eigenvalue weighted by atomic mass is 10.2. The van der Waals surface area contributed by atoms with Crippen molar-refractivity contribution in [3.63, 3.8) is 0 Å². The van der Waals surface area contributed by atoms with Crippen LogP contribution in [0.15, 0.2) is 18.2 Å². The van der Waals surface area contributed by atoms with Crippen LogP contribution in [0.5, 0.6) is 11.6 Å². The van der Waals surface area contributed by atoms with E-state index in [4.69, 9.17) is 10.00 Å². The van der Waals surface area contributed by atoms with E-state index in [9.17, 15) is 14.5 Å². The molecule has 1 heterocycles. The van der Waals surface area contributed by atoms with Gasteiger partial charge in [0, 0.05) is 19.2 Å². The second-order valence-corrected chi connectivity index (χ2v) is 3.97. The van der Waals surface area contributed by atoms with Gasteiger partial charge in [-0.3, -0.25) is 10.1 Å². The molecule has 1 aromatic heterocycles. The van der Waals surface area contributed by atoms with E-state index < -0.39 is 16.4 Å². The Morgan fingerprint density at radius 1 is 1.55 bits per heavy atom. The third-order valence-electron chi connectivity index (χ3n) is 2.61. The maximum absolute atomic E-state index is 13.2. The zero-order valence-electron chi connectivity index (χ0n) is 10.6. The van der Waals surface area contributed by atoms with Crippen LogP contribution in [0, 0.1) is 34.2 Å². The molecule has 7 nitrogen and oxygen atoms in total. The van der Waals surface area contributed by atoms with Gasteiger partial charge in [0.2, 0.25) is 11.6 Å². The Balaban J connectivity index is 2.53. The largest absolute Gasteiger partial charge is 0.431 e. The minimum Gasteiger partial charge on any atom is -0.431 e. The zero-order chi connectivity index (χ0) is 14.9. The quantitative estimate of drug-likeness (QED) is 0.633. The van der Waals surface area contributed by atoms with E-state index in [1.807, 2.05) is 6.07 Å². The van der Waals surface area contributed by atoms with Gasteiger partial charge in [-0.25, -0.2) is 9.07 Å². The molecule has 0 N–H and O–H groups in total. The van der Waals surface area contributed by atoms with Gasteiger partial charge in [-0.2, -0.15) is 10.4 Å². The molecular formula is C12H9FN4O3. The van der Waals surface area contributed by atoms with E-state index in [-0.39, 0.29) is 17.2 Å². The van der Waals surface area contributed by atoms with Crippen molar-refractivity contribution in [1.82, 2.24) is 9.78 Å². The van der Waals surface area contributed by atoms with E-state index in [0.29, 0.717) is 5.69 Å². The van der Waals surface area contributed by atoms with Crippen LogP contribution < -0.4 is 4.74 Å². The van der Waals surface area contributed by atoms with Crippen LogP contribution in [0.1, 0.15) is 11.3 Å². The molecule has 0 spiro atoms. The summed E-state index contributed by atoms with van der Waals surface area (Å²) in [5, 5.41) is 23.9. The number of hydrogen-bond donors (Lipinski definition) is 0. The topological polar surface area (TPSA) is 94.0 Å². The molecule has 2 aromatic rings. The number of halogens is 1. The number of aryl methyl sites for hydroxylation is 2. The lowest BCUT2D eigenvalue weighted by Crippen LogP contribution is -1.99. The number of nitriles is 1. The summed E-state index contributed by atoms with van der Waals surface area (Å²) in [6, 6.07) is 4.75. The minimum atomic E-state index is -0.690. The molecule has 1 aromatic carbocycles. The van der Waals surface area contributed by atoms with Crippen molar-refractivity contribution in [3.05, 3.63) is 45.4 Å². The molecule has 0 unspecified atom stereocenters.